The molecule has 0 aliphatic rings. The Balaban J connectivity index is 0.00000147. The van der Waals surface area contributed by atoms with Crippen molar-refractivity contribution in [2.75, 3.05) is 0 Å². The summed E-state index contributed by atoms with van der Waals surface area (Å²) >= 11 is 3.46. The number of alkyl halides is 1. The topological polar surface area (TPSA) is 61.0 Å². The van der Waals surface area contributed by atoms with E-state index in [4.69, 9.17) is 4.42 Å². The van der Waals surface area contributed by atoms with Crippen LogP contribution in [0.1, 0.15) is 5.56 Å². The third-order valence-electron chi connectivity index (χ3n) is 3.01. The fraction of sp³-hybridized carbons (Fsp3) is 0.0625. The first-order valence-electron chi connectivity index (χ1n) is 6.02. The monoisotopic (exact) mass is 330 g/mol. The summed E-state index contributed by atoms with van der Waals surface area (Å²) in [5.74, 6) is 0.653. The van der Waals surface area contributed by atoms with Gasteiger partial charge in [-0.2, -0.15) is 0 Å². The number of hydrogen-bond acceptors (Lipinski definition) is 3. The number of oxazole rings is 1. The van der Waals surface area contributed by atoms with Gasteiger partial charge in [-0.3, -0.25) is 0 Å². The predicted octanol–water partition coefficient (Wildman–Crippen LogP) is 5.07. The lowest BCUT2D eigenvalue weighted by molar-refractivity contribution is 0.575. The van der Waals surface area contributed by atoms with Crippen molar-refractivity contribution in [2.45, 2.75) is 5.33 Å². The van der Waals surface area contributed by atoms with Gasteiger partial charge >= 0.3 is 0 Å². The van der Waals surface area contributed by atoms with Gasteiger partial charge in [0, 0.05) is 10.9 Å². The molecular formula is C16H15BrN2O. The molecule has 3 nitrogen and oxygen atoms in total. The van der Waals surface area contributed by atoms with Crippen LogP contribution in [0.5, 0.6) is 0 Å². The van der Waals surface area contributed by atoms with Gasteiger partial charge < -0.3 is 10.6 Å². The van der Waals surface area contributed by atoms with Gasteiger partial charge in [0.15, 0.2) is 0 Å². The Morgan fingerprint density at radius 1 is 0.950 bits per heavy atom. The van der Waals surface area contributed by atoms with E-state index in [9.17, 15) is 0 Å². The molecular weight excluding hydrogens is 316 g/mol. The predicted molar refractivity (Wildman–Crippen MR) is 85.0 cm³/mol. The molecule has 0 fully saturated rings. The minimum atomic E-state index is 0. The molecule has 0 bridgehead atoms. The van der Waals surface area contributed by atoms with E-state index >= 15 is 0 Å². The maximum absolute atomic E-state index is 5.41. The van der Waals surface area contributed by atoms with Crippen molar-refractivity contribution < 1.29 is 4.42 Å². The van der Waals surface area contributed by atoms with Crippen LogP contribution in [-0.4, -0.2) is 4.98 Å². The summed E-state index contributed by atoms with van der Waals surface area (Å²) < 4.78 is 5.41. The molecule has 0 radical (unpaired) electrons. The summed E-state index contributed by atoms with van der Waals surface area (Å²) in [5.41, 5.74) is 4.57. The summed E-state index contributed by atoms with van der Waals surface area (Å²) in [6.45, 7) is 0. The van der Waals surface area contributed by atoms with E-state index in [2.05, 4.69) is 51.2 Å². The molecule has 0 unspecified atom stereocenters. The molecule has 1 heterocycles. The Hall–Kier alpha value is -1.91. The summed E-state index contributed by atoms with van der Waals surface area (Å²) in [4.78, 5) is 4.23. The first kappa shape index (κ1) is 14.5. The molecule has 102 valence electrons. The van der Waals surface area contributed by atoms with Crippen LogP contribution in [0.3, 0.4) is 0 Å². The zero-order valence-corrected chi connectivity index (χ0v) is 12.5. The van der Waals surface area contributed by atoms with E-state index in [-0.39, 0.29) is 6.15 Å². The molecule has 3 N–H and O–H groups in total. The second kappa shape index (κ2) is 6.50. The lowest BCUT2D eigenvalue weighted by Gasteiger charge is -2.07. The van der Waals surface area contributed by atoms with Crippen molar-refractivity contribution in [3.05, 3.63) is 66.6 Å². The zero-order valence-electron chi connectivity index (χ0n) is 10.9. The molecule has 0 spiro atoms. The van der Waals surface area contributed by atoms with Crippen molar-refractivity contribution in [1.29, 1.82) is 0 Å². The molecule has 4 heteroatoms. The van der Waals surface area contributed by atoms with E-state index in [0.717, 1.165) is 16.5 Å². The van der Waals surface area contributed by atoms with Crippen molar-refractivity contribution >= 4 is 15.9 Å². The second-order valence-electron chi connectivity index (χ2n) is 4.21. The minimum absolute atomic E-state index is 0. The highest BCUT2D eigenvalue weighted by Crippen LogP contribution is 2.31. The average Bonchev–Trinajstić information content (AvgIpc) is 3.01. The smallest absolute Gasteiger partial charge is 0.226 e. The Morgan fingerprint density at radius 2 is 1.65 bits per heavy atom. The summed E-state index contributed by atoms with van der Waals surface area (Å²) in [6, 6.07) is 16.6. The fourth-order valence-corrected chi connectivity index (χ4v) is 2.43. The van der Waals surface area contributed by atoms with E-state index in [0.29, 0.717) is 5.89 Å². The maximum atomic E-state index is 5.41. The van der Waals surface area contributed by atoms with E-state index in [1.807, 2.05) is 18.2 Å². The molecule has 0 saturated heterocycles. The second-order valence-corrected chi connectivity index (χ2v) is 4.77. The maximum Gasteiger partial charge on any atom is 0.226 e. The number of benzene rings is 2. The molecule has 2 aromatic carbocycles. The lowest BCUT2D eigenvalue weighted by Crippen LogP contribution is -1.85. The number of rotatable bonds is 3. The van der Waals surface area contributed by atoms with Gasteiger partial charge in [-0.1, -0.05) is 58.4 Å². The van der Waals surface area contributed by atoms with Crippen LogP contribution in [0.15, 0.2) is 65.4 Å². The van der Waals surface area contributed by atoms with Crippen molar-refractivity contribution in [3.63, 3.8) is 0 Å². The molecule has 3 rings (SSSR count). The first-order valence-corrected chi connectivity index (χ1v) is 7.15. The minimum Gasteiger partial charge on any atom is -0.445 e. The van der Waals surface area contributed by atoms with Gasteiger partial charge in [-0.05, 0) is 22.8 Å². The van der Waals surface area contributed by atoms with Crippen molar-refractivity contribution in [1.82, 2.24) is 11.1 Å². The normalized spacial score (nSPS) is 10.1. The number of halogens is 1. The quantitative estimate of drug-likeness (QED) is 0.682. The largest absolute Gasteiger partial charge is 0.445 e. The number of hydrogen-bond donors (Lipinski definition) is 1. The summed E-state index contributed by atoms with van der Waals surface area (Å²) in [7, 11) is 0. The Bertz CT molecular complexity index is 663. The molecule has 1 aromatic heterocycles. The SMILES string of the molecule is BrCc1ccc(-c2ccccc2-c2ncco2)cc1.N. The van der Waals surface area contributed by atoms with Crippen LogP contribution in [0.4, 0.5) is 0 Å². The van der Waals surface area contributed by atoms with Crippen LogP contribution in [0.2, 0.25) is 0 Å². The van der Waals surface area contributed by atoms with Crippen LogP contribution in [0.25, 0.3) is 22.6 Å². The van der Waals surface area contributed by atoms with Gasteiger partial charge in [0.25, 0.3) is 0 Å². The summed E-state index contributed by atoms with van der Waals surface area (Å²) in [6.07, 6.45) is 3.26. The van der Waals surface area contributed by atoms with Crippen LogP contribution in [0, 0.1) is 0 Å². The van der Waals surface area contributed by atoms with Crippen LogP contribution in [-0.2, 0) is 5.33 Å². The van der Waals surface area contributed by atoms with Crippen molar-refractivity contribution in [3.8, 4) is 22.6 Å². The summed E-state index contributed by atoms with van der Waals surface area (Å²) in [5, 5.41) is 0.870. The first-order chi connectivity index (χ1) is 9.38. The molecule has 0 atom stereocenters. The number of aromatic nitrogens is 1. The fourth-order valence-electron chi connectivity index (χ4n) is 2.05. The Kier molecular flexibility index (Phi) is 4.71. The standard InChI is InChI=1S/C16H12BrNO.H3N/c17-11-12-5-7-13(8-6-12)14-3-1-2-4-15(14)16-18-9-10-19-16;/h1-10H,11H2;1H3. The van der Waals surface area contributed by atoms with E-state index in [1.54, 1.807) is 12.5 Å². The van der Waals surface area contributed by atoms with Gasteiger partial charge in [-0.25, -0.2) is 4.98 Å². The van der Waals surface area contributed by atoms with Gasteiger partial charge in [0.2, 0.25) is 5.89 Å². The van der Waals surface area contributed by atoms with Crippen LogP contribution < -0.4 is 6.15 Å². The zero-order chi connectivity index (χ0) is 13.1. The highest BCUT2D eigenvalue weighted by atomic mass is 79.9. The van der Waals surface area contributed by atoms with Gasteiger partial charge in [-0.15, -0.1) is 0 Å². The molecule has 0 amide bonds. The third-order valence-corrected chi connectivity index (χ3v) is 3.66. The third kappa shape index (κ3) is 2.81. The molecule has 0 saturated carbocycles. The molecule has 0 aliphatic carbocycles. The molecule has 20 heavy (non-hydrogen) atoms. The van der Waals surface area contributed by atoms with E-state index < -0.39 is 0 Å². The van der Waals surface area contributed by atoms with Crippen LogP contribution >= 0.6 is 15.9 Å². The van der Waals surface area contributed by atoms with Gasteiger partial charge in [0.1, 0.15) is 6.26 Å². The highest BCUT2D eigenvalue weighted by molar-refractivity contribution is 9.08. The molecule has 0 aliphatic heterocycles. The average molecular weight is 331 g/mol. The van der Waals surface area contributed by atoms with E-state index in [1.165, 1.54) is 11.1 Å². The number of nitrogens with zero attached hydrogens (tertiary/aromatic N) is 1. The van der Waals surface area contributed by atoms with Crippen molar-refractivity contribution in [2.24, 2.45) is 0 Å². The van der Waals surface area contributed by atoms with Gasteiger partial charge in [0.05, 0.1) is 6.20 Å². The highest BCUT2D eigenvalue weighted by Gasteiger charge is 2.09. The Morgan fingerprint density at radius 3 is 2.25 bits per heavy atom. The molecule has 3 aromatic rings. The Labute approximate surface area is 126 Å². The lowest BCUT2D eigenvalue weighted by atomic mass is 9.99.